The van der Waals surface area contributed by atoms with Crippen molar-refractivity contribution in [1.29, 1.82) is 0 Å². The maximum Gasteiger partial charge on any atom is 2.00 e. The van der Waals surface area contributed by atoms with Gasteiger partial charge >= 0.3 is 23.1 Å². The van der Waals surface area contributed by atoms with Gasteiger partial charge in [-0.3, -0.25) is 0 Å². The maximum atomic E-state index is 13.2. The molecule has 0 amide bonds. The van der Waals surface area contributed by atoms with Crippen molar-refractivity contribution in [3.63, 3.8) is 0 Å². The average molecular weight is 340 g/mol. The minimum atomic E-state index is -0.267. The monoisotopic (exact) mass is 338 g/mol. The number of rotatable bonds is 3. The molecule has 1 nitrogen and oxygen atoms in total. The summed E-state index contributed by atoms with van der Waals surface area (Å²) in [6, 6.07) is 14.4. The zero-order valence-electron chi connectivity index (χ0n) is 9.50. The molecule has 0 unspecified atom stereocenters. The molecule has 0 atom stereocenters. The molecule has 2 rings (SSSR count). The predicted molar refractivity (Wildman–Crippen MR) is 66.8 cm³/mol. The molecule has 0 N–H and O–H groups in total. The van der Waals surface area contributed by atoms with E-state index in [4.69, 9.17) is 16.3 Å². The van der Waals surface area contributed by atoms with Gasteiger partial charge in [0.2, 0.25) is 0 Å². The van der Waals surface area contributed by atoms with Crippen LogP contribution < -0.4 is 21.7 Å². The molecule has 2 aromatic carbocycles. The van der Waals surface area contributed by atoms with Crippen LogP contribution in [0.4, 0.5) is 4.39 Å². The fourth-order valence-electron chi connectivity index (χ4n) is 1.25. The van der Waals surface area contributed by atoms with E-state index in [1.165, 1.54) is 6.07 Å². The van der Waals surface area contributed by atoms with Gasteiger partial charge < -0.3 is 21.7 Å². The van der Waals surface area contributed by atoms with Gasteiger partial charge in [0.1, 0.15) is 12.4 Å². The molecule has 0 aromatic heterocycles. The van der Waals surface area contributed by atoms with Gasteiger partial charge in [-0.2, -0.15) is 23.7 Å². The van der Waals surface area contributed by atoms with Crippen LogP contribution in [0.5, 0.6) is 5.75 Å². The number of halogens is 3. The Labute approximate surface area is 137 Å². The normalized spacial score (nSPS) is 9.00. The summed E-state index contributed by atoms with van der Waals surface area (Å²) in [5.74, 6) is 0.282. The summed E-state index contributed by atoms with van der Waals surface area (Å²) >= 11 is 5.71. The third-order valence-corrected chi connectivity index (χ3v) is 2.32. The quantitative estimate of drug-likeness (QED) is 0.584. The van der Waals surface area contributed by atoms with E-state index < -0.39 is 0 Å². The SMILES string of the molecule is Fc1ccccc1COc1[c-]cc(Cl)cc1.[Br-].[Mg+2]. The molecule has 0 radical (unpaired) electrons. The Morgan fingerprint density at radius 3 is 2.50 bits per heavy atom. The van der Waals surface area contributed by atoms with Gasteiger partial charge in [0.15, 0.2) is 0 Å². The number of ether oxygens (including phenoxy) is 1. The second-order valence-electron chi connectivity index (χ2n) is 3.25. The van der Waals surface area contributed by atoms with Gasteiger partial charge in [0.25, 0.3) is 0 Å². The summed E-state index contributed by atoms with van der Waals surface area (Å²) < 4.78 is 18.6. The van der Waals surface area contributed by atoms with Gasteiger partial charge in [-0.25, -0.2) is 4.39 Å². The van der Waals surface area contributed by atoms with E-state index >= 15 is 0 Å². The van der Waals surface area contributed by atoms with E-state index in [0.717, 1.165) is 0 Å². The Kier molecular flexibility index (Phi) is 8.60. The van der Waals surface area contributed by atoms with Gasteiger partial charge in [-0.15, -0.1) is 12.1 Å². The molecule has 0 saturated heterocycles. The van der Waals surface area contributed by atoms with Crippen LogP contribution in [0.25, 0.3) is 0 Å². The van der Waals surface area contributed by atoms with Crippen molar-refractivity contribution in [1.82, 2.24) is 0 Å². The van der Waals surface area contributed by atoms with E-state index in [9.17, 15) is 4.39 Å². The van der Waals surface area contributed by atoms with Crippen LogP contribution in [0.3, 0.4) is 0 Å². The third-order valence-electron chi connectivity index (χ3n) is 2.09. The Hall–Kier alpha value is -0.294. The largest absolute Gasteiger partial charge is 2.00 e. The topological polar surface area (TPSA) is 9.23 Å². The van der Waals surface area contributed by atoms with Crippen molar-refractivity contribution in [3.8, 4) is 5.75 Å². The Balaban J connectivity index is 0.00000144. The zero-order valence-corrected chi connectivity index (χ0v) is 13.3. The van der Waals surface area contributed by atoms with Crippen LogP contribution in [-0.2, 0) is 6.61 Å². The van der Waals surface area contributed by atoms with Crippen molar-refractivity contribution >= 4 is 34.7 Å². The molecule has 0 saturated carbocycles. The number of hydrogen-bond acceptors (Lipinski definition) is 1. The summed E-state index contributed by atoms with van der Waals surface area (Å²) in [5, 5.41) is 0.596. The van der Waals surface area contributed by atoms with E-state index in [1.807, 2.05) is 0 Å². The van der Waals surface area contributed by atoms with E-state index in [2.05, 4.69) is 6.07 Å². The van der Waals surface area contributed by atoms with Crippen LogP contribution in [0.1, 0.15) is 5.56 Å². The molecule has 0 heterocycles. The molecular weight excluding hydrogens is 331 g/mol. The fraction of sp³-hybridized carbons (Fsp3) is 0.0769. The molecule has 0 aliphatic heterocycles. The van der Waals surface area contributed by atoms with Crippen molar-refractivity contribution in [2.75, 3.05) is 0 Å². The van der Waals surface area contributed by atoms with Crippen molar-refractivity contribution in [2.45, 2.75) is 6.61 Å². The second-order valence-corrected chi connectivity index (χ2v) is 3.69. The van der Waals surface area contributed by atoms with Gasteiger partial charge in [-0.1, -0.05) is 23.2 Å². The van der Waals surface area contributed by atoms with Gasteiger partial charge in [0.05, 0.1) is 0 Å². The summed E-state index contributed by atoms with van der Waals surface area (Å²) in [6.45, 7) is 0.185. The van der Waals surface area contributed by atoms with Crippen LogP contribution in [0.2, 0.25) is 5.02 Å². The molecule has 0 aliphatic rings. The Morgan fingerprint density at radius 1 is 1.17 bits per heavy atom. The zero-order chi connectivity index (χ0) is 11.4. The second kappa shape index (κ2) is 8.75. The Morgan fingerprint density at radius 2 is 1.89 bits per heavy atom. The number of hydrogen-bond donors (Lipinski definition) is 0. The fourth-order valence-corrected chi connectivity index (χ4v) is 1.37. The van der Waals surface area contributed by atoms with E-state index in [1.54, 1.807) is 36.4 Å². The first-order chi connectivity index (χ1) is 7.75. The van der Waals surface area contributed by atoms with Crippen molar-refractivity contribution in [3.05, 3.63) is 64.9 Å². The summed E-state index contributed by atoms with van der Waals surface area (Å²) in [6.07, 6.45) is 0. The maximum absolute atomic E-state index is 13.2. The molecule has 2 aromatic rings. The molecule has 0 bridgehead atoms. The number of benzene rings is 2. The minimum Gasteiger partial charge on any atom is -1.00 e. The summed E-state index contributed by atoms with van der Waals surface area (Å²) in [7, 11) is 0. The third kappa shape index (κ3) is 5.14. The van der Waals surface area contributed by atoms with Gasteiger partial charge in [0, 0.05) is 11.3 Å². The molecule has 0 spiro atoms. The first-order valence-corrected chi connectivity index (χ1v) is 5.17. The smallest absolute Gasteiger partial charge is 1.00 e. The predicted octanol–water partition coefficient (Wildman–Crippen LogP) is 0.481. The summed E-state index contributed by atoms with van der Waals surface area (Å²) in [4.78, 5) is 0. The van der Waals surface area contributed by atoms with Crippen molar-refractivity contribution < 1.29 is 26.1 Å². The van der Waals surface area contributed by atoms with Crippen LogP contribution >= 0.6 is 11.6 Å². The van der Waals surface area contributed by atoms with E-state index in [-0.39, 0.29) is 52.5 Å². The summed E-state index contributed by atoms with van der Waals surface area (Å²) in [5.41, 5.74) is 0.519. The first kappa shape index (κ1) is 17.7. The molecular formula is C13H9BrClFMgO. The minimum absolute atomic E-state index is 0. The standard InChI is InChI=1S/C13H9ClFO.BrH.Mg/c14-11-5-7-12(8-6-11)16-9-10-3-1-2-4-13(10)15;;/h1-7H,9H2;1H;/q-1;;+2/p-1. The van der Waals surface area contributed by atoms with Crippen LogP contribution in [-0.4, -0.2) is 23.1 Å². The molecule has 5 heteroatoms. The molecule has 0 aliphatic carbocycles. The average Bonchev–Trinajstić information content (AvgIpc) is 2.30. The molecule has 18 heavy (non-hydrogen) atoms. The first-order valence-electron chi connectivity index (χ1n) is 4.79. The van der Waals surface area contributed by atoms with E-state index in [0.29, 0.717) is 16.3 Å². The van der Waals surface area contributed by atoms with Crippen molar-refractivity contribution in [2.24, 2.45) is 0 Å². The van der Waals surface area contributed by atoms with Crippen LogP contribution in [0.15, 0.2) is 42.5 Å². The molecule has 0 fully saturated rings. The molecule has 90 valence electrons. The van der Waals surface area contributed by atoms with Gasteiger partial charge in [-0.05, 0) is 6.07 Å². The van der Waals surface area contributed by atoms with Crippen LogP contribution in [0, 0.1) is 11.9 Å². The Bertz CT molecular complexity index is 479.